The van der Waals surface area contributed by atoms with Crippen LogP contribution < -0.4 is 5.32 Å². The predicted molar refractivity (Wildman–Crippen MR) is 64.2 cm³/mol. The normalized spacial score (nSPS) is 15.2. The molecule has 0 spiro atoms. The van der Waals surface area contributed by atoms with Gasteiger partial charge in [-0.25, -0.2) is 4.98 Å². The monoisotopic (exact) mass is 228 g/mol. The molecule has 0 fully saturated rings. The average molecular weight is 228 g/mol. The van der Waals surface area contributed by atoms with Crippen molar-refractivity contribution in [1.82, 2.24) is 20.5 Å². The molecule has 0 bridgehead atoms. The molecule has 1 heterocycles. The number of thioether (sulfide) groups is 1. The molecule has 1 rings (SSSR count). The standard InChI is InChI=1S/C10H20N4S/c1-5-11-7(2)6-8(3)15-10-12-9(4)13-14-10/h7-8,11H,5-6H2,1-4H3,(H,12,13,14). The van der Waals surface area contributed by atoms with E-state index in [1.807, 2.05) is 6.92 Å². The molecule has 0 saturated carbocycles. The molecule has 0 amide bonds. The molecule has 0 radical (unpaired) electrons. The third-order valence-electron chi connectivity index (χ3n) is 2.12. The fourth-order valence-corrected chi connectivity index (χ4v) is 2.57. The number of H-pyrrole nitrogens is 1. The van der Waals surface area contributed by atoms with Crippen LogP contribution in [0.1, 0.15) is 33.0 Å². The second kappa shape index (κ2) is 6.12. The Kier molecular flexibility index (Phi) is 5.11. The number of rotatable bonds is 6. The quantitative estimate of drug-likeness (QED) is 0.731. The smallest absolute Gasteiger partial charge is 0.208 e. The lowest BCUT2D eigenvalue weighted by molar-refractivity contribution is 0.529. The van der Waals surface area contributed by atoms with Gasteiger partial charge >= 0.3 is 0 Å². The third kappa shape index (κ3) is 4.66. The van der Waals surface area contributed by atoms with Crippen molar-refractivity contribution in [2.24, 2.45) is 0 Å². The van der Waals surface area contributed by atoms with Gasteiger partial charge in [0.25, 0.3) is 0 Å². The number of nitrogens with one attached hydrogen (secondary N) is 2. The fraction of sp³-hybridized carbons (Fsp3) is 0.800. The van der Waals surface area contributed by atoms with Crippen molar-refractivity contribution in [3.05, 3.63) is 5.82 Å². The van der Waals surface area contributed by atoms with Crippen LogP contribution in [0.2, 0.25) is 0 Å². The largest absolute Gasteiger partial charge is 0.314 e. The first-order valence-corrected chi connectivity index (χ1v) is 6.28. The minimum absolute atomic E-state index is 0.536. The lowest BCUT2D eigenvalue weighted by atomic mass is 10.2. The van der Waals surface area contributed by atoms with E-state index >= 15 is 0 Å². The molecule has 0 aliphatic heterocycles. The third-order valence-corrected chi connectivity index (χ3v) is 3.11. The van der Waals surface area contributed by atoms with E-state index in [1.54, 1.807) is 11.8 Å². The maximum Gasteiger partial charge on any atom is 0.208 e. The molecule has 4 nitrogen and oxygen atoms in total. The Morgan fingerprint density at radius 2 is 2.20 bits per heavy atom. The number of aryl methyl sites for hydroxylation is 1. The Hall–Kier alpha value is -0.550. The Bertz CT molecular complexity index is 287. The second-order valence-electron chi connectivity index (χ2n) is 3.83. The zero-order chi connectivity index (χ0) is 11.3. The second-order valence-corrected chi connectivity index (χ2v) is 5.23. The molecular formula is C10H20N4S. The van der Waals surface area contributed by atoms with E-state index in [4.69, 9.17) is 0 Å². The molecule has 2 atom stereocenters. The molecule has 1 aromatic heterocycles. The number of nitrogens with zero attached hydrogens (tertiary/aromatic N) is 2. The highest BCUT2D eigenvalue weighted by atomic mass is 32.2. The zero-order valence-electron chi connectivity index (χ0n) is 9.87. The molecule has 0 aliphatic rings. The number of aromatic nitrogens is 3. The van der Waals surface area contributed by atoms with Crippen LogP contribution in [0.15, 0.2) is 5.16 Å². The number of aromatic amines is 1. The van der Waals surface area contributed by atoms with Gasteiger partial charge in [-0.2, -0.15) is 0 Å². The average Bonchev–Trinajstić information content (AvgIpc) is 2.51. The first kappa shape index (κ1) is 12.5. The summed E-state index contributed by atoms with van der Waals surface area (Å²) in [7, 11) is 0. The molecule has 86 valence electrons. The van der Waals surface area contributed by atoms with Gasteiger partial charge < -0.3 is 5.32 Å². The van der Waals surface area contributed by atoms with E-state index in [-0.39, 0.29) is 0 Å². The maximum atomic E-state index is 4.28. The molecular weight excluding hydrogens is 208 g/mol. The summed E-state index contributed by atoms with van der Waals surface area (Å²) in [5, 5.41) is 11.8. The Labute approximate surface area is 95.6 Å². The molecule has 0 aromatic carbocycles. The van der Waals surface area contributed by atoms with Gasteiger partial charge in [0.05, 0.1) is 0 Å². The van der Waals surface area contributed by atoms with E-state index in [0.29, 0.717) is 11.3 Å². The van der Waals surface area contributed by atoms with Gasteiger partial charge in [-0.1, -0.05) is 25.6 Å². The van der Waals surface area contributed by atoms with Gasteiger partial charge in [0, 0.05) is 11.3 Å². The summed E-state index contributed by atoms with van der Waals surface area (Å²) >= 11 is 1.73. The van der Waals surface area contributed by atoms with Crippen LogP contribution in [-0.4, -0.2) is 33.0 Å². The summed E-state index contributed by atoms with van der Waals surface area (Å²) in [6.07, 6.45) is 1.13. The number of hydrogen-bond donors (Lipinski definition) is 2. The highest BCUT2D eigenvalue weighted by Crippen LogP contribution is 2.22. The lowest BCUT2D eigenvalue weighted by Crippen LogP contribution is -2.28. The highest BCUT2D eigenvalue weighted by Gasteiger charge is 2.11. The molecule has 2 unspecified atom stereocenters. The number of hydrogen-bond acceptors (Lipinski definition) is 4. The molecule has 15 heavy (non-hydrogen) atoms. The van der Waals surface area contributed by atoms with Crippen molar-refractivity contribution in [3.8, 4) is 0 Å². The summed E-state index contributed by atoms with van der Waals surface area (Å²) in [6, 6.07) is 0.553. The summed E-state index contributed by atoms with van der Waals surface area (Å²) in [5.74, 6) is 0.879. The predicted octanol–water partition coefficient (Wildman–Crippen LogP) is 1.98. The minimum Gasteiger partial charge on any atom is -0.314 e. The summed E-state index contributed by atoms with van der Waals surface area (Å²) in [4.78, 5) is 4.28. The van der Waals surface area contributed by atoms with Gasteiger partial charge in [-0.3, -0.25) is 5.10 Å². The van der Waals surface area contributed by atoms with Crippen molar-refractivity contribution in [2.75, 3.05) is 6.54 Å². The van der Waals surface area contributed by atoms with Gasteiger partial charge in [-0.05, 0) is 26.8 Å². The Morgan fingerprint density at radius 3 is 2.73 bits per heavy atom. The van der Waals surface area contributed by atoms with Crippen LogP contribution >= 0.6 is 11.8 Å². The first-order valence-electron chi connectivity index (χ1n) is 5.40. The highest BCUT2D eigenvalue weighted by molar-refractivity contribution is 7.99. The van der Waals surface area contributed by atoms with Crippen molar-refractivity contribution in [3.63, 3.8) is 0 Å². The van der Waals surface area contributed by atoms with Gasteiger partial charge in [-0.15, -0.1) is 5.10 Å². The van der Waals surface area contributed by atoms with Crippen LogP contribution in [0.3, 0.4) is 0 Å². The first-order chi connectivity index (χ1) is 7.11. The van der Waals surface area contributed by atoms with E-state index in [0.717, 1.165) is 23.9 Å². The SMILES string of the molecule is CCNC(C)CC(C)Sc1n[nH]c(C)n1. The molecule has 1 aromatic rings. The maximum absolute atomic E-state index is 4.28. The summed E-state index contributed by atoms with van der Waals surface area (Å²) in [5.41, 5.74) is 0. The van der Waals surface area contributed by atoms with Crippen LogP contribution in [0.4, 0.5) is 0 Å². The minimum atomic E-state index is 0.536. The van der Waals surface area contributed by atoms with Crippen molar-refractivity contribution < 1.29 is 0 Å². The Balaban J connectivity index is 2.32. The van der Waals surface area contributed by atoms with Crippen LogP contribution in [0.25, 0.3) is 0 Å². The summed E-state index contributed by atoms with van der Waals surface area (Å²) < 4.78 is 0. The topological polar surface area (TPSA) is 53.6 Å². The molecule has 5 heteroatoms. The van der Waals surface area contributed by atoms with E-state index < -0.39 is 0 Å². The van der Waals surface area contributed by atoms with Crippen LogP contribution in [-0.2, 0) is 0 Å². The van der Waals surface area contributed by atoms with Crippen molar-refractivity contribution in [2.45, 2.75) is 50.6 Å². The van der Waals surface area contributed by atoms with Crippen LogP contribution in [0.5, 0.6) is 0 Å². The molecule has 0 saturated heterocycles. The van der Waals surface area contributed by atoms with Gasteiger partial charge in [0.2, 0.25) is 5.16 Å². The van der Waals surface area contributed by atoms with Gasteiger partial charge in [0.1, 0.15) is 5.82 Å². The lowest BCUT2D eigenvalue weighted by Gasteiger charge is -2.16. The van der Waals surface area contributed by atoms with Crippen molar-refractivity contribution in [1.29, 1.82) is 0 Å². The fourth-order valence-electron chi connectivity index (χ4n) is 1.53. The molecule has 0 aliphatic carbocycles. The van der Waals surface area contributed by atoms with E-state index in [2.05, 4.69) is 41.3 Å². The van der Waals surface area contributed by atoms with E-state index in [9.17, 15) is 0 Å². The molecule has 2 N–H and O–H groups in total. The Morgan fingerprint density at radius 1 is 1.47 bits per heavy atom. The van der Waals surface area contributed by atoms with Crippen LogP contribution in [0, 0.1) is 6.92 Å². The summed E-state index contributed by atoms with van der Waals surface area (Å²) in [6.45, 7) is 9.50. The zero-order valence-corrected chi connectivity index (χ0v) is 10.7. The van der Waals surface area contributed by atoms with E-state index in [1.165, 1.54) is 0 Å². The van der Waals surface area contributed by atoms with Crippen molar-refractivity contribution >= 4 is 11.8 Å². The van der Waals surface area contributed by atoms with Gasteiger partial charge in [0.15, 0.2) is 0 Å².